The topological polar surface area (TPSA) is 58.6 Å². The lowest BCUT2D eigenvalue weighted by molar-refractivity contribution is -0.116. The van der Waals surface area contributed by atoms with Crippen LogP contribution in [0.15, 0.2) is 18.2 Å². The highest BCUT2D eigenvalue weighted by atomic mass is 16.5. The Balaban J connectivity index is 1.79. The predicted octanol–water partition coefficient (Wildman–Crippen LogP) is 2.03. The van der Waals surface area contributed by atoms with Gasteiger partial charge in [0.25, 0.3) is 0 Å². The summed E-state index contributed by atoms with van der Waals surface area (Å²) in [6, 6.07) is 5.83. The minimum Gasteiger partial charge on any atom is -0.388 e. The highest BCUT2D eigenvalue weighted by Gasteiger charge is 2.25. The molecule has 2 unspecified atom stereocenters. The molecule has 2 heterocycles. The maximum absolute atomic E-state index is 11.3. The summed E-state index contributed by atoms with van der Waals surface area (Å²) in [4.78, 5) is 11.3. The lowest BCUT2D eigenvalue weighted by Crippen LogP contribution is -2.24. The first-order chi connectivity index (χ1) is 9.24. The third-order valence-electron chi connectivity index (χ3n) is 4.01. The van der Waals surface area contributed by atoms with E-state index in [1.807, 2.05) is 18.2 Å². The van der Waals surface area contributed by atoms with Crippen LogP contribution >= 0.6 is 0 Å². The molecule has 19 heavy (non-hydrogen) atoms. The lowest BCUT2D eigenvalue weighted by Gasteiger charge is -2.28. The number of fused-ring (bicyclic) bond motifs is 1. The van der Waals surface area contributed by atoms with E-state index in [1.165, 1.54) is 0 Å². The van der Waals surface area contributed by atoms with E-state index in [4.69, 9.17) is 4.74 Å². The van der Waals surface area contributed by atoms with Crippen molar-refractivity contribution in [3.8, 4) is 0 Å². The Morgan fingerprint density at radius 1 is 1.37 bits per heavy atom. The smallest absolute Gasteiger partial charge is 0.224 e. The molecule has 0 radical (unpaired) electrons. The first-order valence-electron chi connectivity index (χ1n) is 6.92. The summed E-state index contributed by atoms with van der Waals surface area (Å²) in [6.45, 7) is 1.44. The normalized spacial score (nSPS) is 24.5. The van der Waals surface area contributed by atoms with Gasteiger partial charge in [0, 0.05) is 24.6 Å². The Hall–Kier alpha value is -1.39. The van der Waals surface area contributed by atoms with Gasteiger partial charge in [-0.05, 0) is 36.5 Å². The van der Waals surface area contributed by atoms with Crippen LogP contribution < -0.4 is 5.32 Å². The van der Waals surface area contributed by atoms with Crippen molar-refractivity contribution in [2.75, 3.05) is 18.5 Å². The molecule has 3 rings (SSSR count). The van der Waals surface area contributed by atoms with Crippen LogP contribution in [0.4, 0.5) is 5.69 Å². The summed E-state index contributed by atoms with van der Waals surface area (Å²) in [7, 11) is 0. The standard InChI is InChI=1S/C15H19NO3/c17-14-6-4-10-8-11(3-5-13(10)16-14)15(18)12-2-1-7-19-9-12/h3,5,8,12,15,18H,1-2,4,6-7,9H2,(H,16,17). The molecule has 1 fully saturated rings. The first-order valence-corrected chi connectivity index (χ1v) is 6.92. The molecule has 4 nitrogen and oxygen atoms in total. The zero-order chi connectivity index (χ0) is 13.2. The van der Waals surface area contributed by atoms with Crippen LogP contribution in [0.25, 0.3) is 0 Å². The average Bonchev–Trinajstić information content (AvgIpc) is 2.47. The maximum Gasteiger partial charge on any atom is 0.224 e. The molecular formula is C15H19NO3. The number of hydrogen-bond donors (Lipinski definition) is 2. The fourth-order valence-corrected chi connectivity index (χ4v) is 2.87. The van der Waals surface area contributed by atoms with E-state index in [2.05, 4.69) is 5.32 Å². The Bertz CT molecular complexity index is 480. The van der Waals surface area contributed by atoms with E-state index in [1.54, 1.807) is 0 Å². The molecule has 2 N–H and O–H groups in total. The molecule has 1 saturated heterocycles. The lowest BCUT2D eigenvalue weighted by atomic mass is 9.89. The van der Waals surface area contributed by atoms with Crippen LogP contribution in [0.3, 0.4) is 0 Å². The summed E-state index contributed by atoms with van der Waals surface area (Å²) >= 11 is 0. The number of carbonyl (C=O) groups is 1. The Morgan fingerprint density at radius 2 is 2.26 bits per heavy atom. The summed E-state index contributed by atoms with van der Waals surface area (Å²) in [5.41, 5.74) is 2.94. The number of hydrogen-bond acceptors (Lipinski definition) is 3. The highest BCUT2D eigenvalue weighted by molar-refractivity contribution is 5.93. The molecule has 1 aromatic rings. The van der Waals surface area contributed by atoms with Gasteiger partial charge in [0.2, 0.25) is 5.91 Å². The fraction of sp³-hybridized carbons (Fsp3) is 0.533. The molecule has 2 atom stereocenters. The molecule has 0 aromatic heterocycles. The molecule has 0 saturated carbocycles. The number of anilines is 1. The van der Waals surface area contributed by atoms with Crippen molar-refractivity contribution >= 4 is 11.6 Å². The number of nitrogens with one attached hydrogen (secondary N) is 1. The van der Waals surface area contributed by atoms with E-state index in [0.717, 1.165) is 42.7 Å². The Morgan fingerprint density at radius 3 is 3.05 bits per heavy atom. The summed E-state index contributed by atoms with van der Waals surface area (Å²) in [5, 5.41) is 13.3. The van der Waals surface area contributed by atoms with Crippen molar-refractivity contribution < 1.29 is 14.6 Å². The van der Waals surface area contributed by atoms with Crippen LogP contribution in [0, 0.1) is 5.92 Å². The van der Waals surface area contributed by atoms with Crippen molar-refractivity contribution in [3.63, 3.8) is 0 Å². The third kappa shape index (κ3) is 2.65. The van der Waals surface area contributed by atoms with Gasteiger partial charge in [-0.25, -0.2) is 0 Å². The number of benzene rings is 1. The molecule has 0 spiro atoms. The van der Waals surface area contributed by atoms with Crippen molar-refractivity contribution in [1.82, 2.24) is 0 Å². The van der Waals surface area contributed by atoms with Gasteiger partial charge >= 0.3 is 0 Å². The average molecular weight is 261 g/mol. The van der Waals surface area contributed by atoms with Crippen LogP contribution in [0.5, 0.6) is 0 Å². The second-order valence-corrected chi connectivity index (χ2v) is 5.39. The number of aliphatic hydroxyl groups excluding tert-OH is 1. The number of ether oxygens (including phenoxy) is 1. The summed E-state index contributed by atoms with van der Waals surface area (Å²) in [5.74, 6) is 0.256. The van der Waals surface area contributed by atoms with Gasteiger partial charge in [-0.2, -0.15) is 0 Å². The molecular weight excluding hydrogens is 242 g/mol. The number of aliphatic hydroxyl groups is 1. The van der Waals surface area contributed by atoms with Gasteiger partial charge < -0.3 is 15.2 Å². The quantitative estimate of drug-likeness (QED) is 0.856. The second-order valence-electron chi connectivity index (χ2n) is 5.39. The maximum atomic E-state index is 11.3. The summed E-state index contributed by atoms with van der Waals surface area (Å²) in [6.07, 6.45) is 2.84. The zero-order valence-electron chi connectivity index (χ0n) is 10.9. The summed E-state index contributed by atoms with van der Waals surface area (Å²) < 4.78 is 5.43. The van der Waals surface area contributed by atoms with Gasteiger partial charge in [-0.3, -0.25) is 4.79 Å². The Kier molecular flexibility index (Phi) is 3.53. The molecule has 2 aliphatic rings. The number of rotatable bonds is 2. The van der Waals surface area contributed by atoms with Crippen LogP contribution in [-0.2, 0) is 16.0 Å². The van der Waals surface area contributed by atoms with Crippen molar-refractivity contribution in [1.29, 1.82) is 0 Å². The number of amides is 1. The first kappa shape index (κ1) is 12.6. The van der Waals surface area contributed by atoms with Gasteiger partial charge in [0.1, 0.15) is 0 Å². The monoisotopic (exact) mass is 261 g/mol. The molecule has 0 aliphatic carbocycles. The van der Waals surface area contributed by atoms with Crippen LogP contribution in [0.2, 0.25) is 0 Å². The van der Waals surface area contributed by atoms with E-state index < -0.39 is 6.10 Å². The molecule has 4 heteroatoms. The number of aryl methyl sites for hydroxylation is 1. The van der Waals surface area contributed by atoms with Gasteiger partial charge in [-0.15, -0.1) is 0 Å². The highest BCUT2D eigenvalue weighted by Crippen LogP contribution is 2.32. The van der Waals surface area contributed by atoms with Crippen LogP contribution in [0.1, 0.15) is 36.5 Å². The van der Waals surface area contributed by atoms with E-state index in [-0.39, 0.29) is 11.8 Å². The van der Waals surface area contributed by atoms with Gasteiger partial charge in [0.05, 0.1) is 12.7 Å². The van der Waals surface area contributed by atoms with E-state index in [9.17, 15) is 9.90 Å². The van der Waals surface area contributed by atoms with Gasteiger partial charge in [-0.1, -0.05) is 12.1 Å². The van der Waals surface area contributed by atoms with Crippen molar-refractivity contribution in [3.05, 3.63) is 29.3 Å². The van der Waals surface area contributed by atoms with E-state index in [0.29, 0.717) is 13.0 Å². The molecule has 0 bridgehead atoms. The zero-order valence-corrected chi connectivity index (χ0v) is 10.9. The van der Waals surface area contributed by atoms with Crippen molar-refractivity contribution in [2.45, 2.75) is 31.8 Å². The predicted molar refractivity (Wildman–Crippen MR) is 71.9 cm³/mol. The van der Waals surface area contributed by atoms with Gasteiger partial charge in [0.15, 0.2) is 0 Å². The largest absolute Gasteiger partial charge is 0.388 e. The second kappa shape index (κ2) is 5.31. The molecule has 1 aromatic carbocycles. The minimum absolute atomic E-state index is 0.0708. The Labute approximate surface area is 112 Å². The SMILES string of the molecule is O=C1CCc2cc(C(O)C3CCCOC3)ccc2N1. The minimum atomic E-state index is -0.469. The van der Waals surface area contributed by atoms with E-state index >= 15 is 0 Å². The van der Waals surface area contributed by atoms with Crippen molar-refractivity contribution in [2.24, 2.45) is 5.92 Å². The molecule has 102 valence electrons. The van der Waals surface area contributed by atoms with Crippen LogP contribution in [-0.4, -0.2) is 24.2 Å². The number of carbonyl (C=O) groups excluding carboxylic acids is 1. The molecule has 1 amide bonds. The fourth-order valence-electron chi connectivity index (χ4n) is 2.87. The third-order valence-corrected chi connectivity index (χ3v) is 4.01. The molecule has 2 aliphatic heterocycles.